The standard InChI is InChI=1S/C22H25N5O3S/c1-15-13-20(16(2)12-19(15)30-3)31(28,29)27-11-5-7-18(27)17-6-4-8-21(25-17)26-22-14-23-9-10-24-22/h4,6,8-10,12-14,18H,5,7,11H2,1-3H3,(H,24,25,26)/t18-/m1/s1. The second-order valence-corrected chi connectivity index (χ2v) is 9.38. The first kappa shape index (κ1) is 21.2. The van der Waals surface area contributed by atoms with Crippen LogP contribution in [0.25, 0.3) is 0 Å². The van der Waals surface area contributed by atoms with Crippen LogP contribution in [0.5, 0.6) is 5.75 Å². The van der Waals surface area contributed by atoms with Gasteiger partial charge >= 0.3 is 0 Å². The Morgan fingerprint density at radius 1 is 1.13 bits per heavy atom. The van der Waals surface area contributed by atoms with Crippen LogP contribution >= 0.6 is 0 Å². The molecule has 1 atom stereocenters. The first-order valence-corrected chi connectivity index (χ1v) is 11.5. The third-order valence-electron chi connectivity index (χ3n) is 5.41. The van der Waals surface area contributed by atoms with Crippen LogP contribution in [0.2, 0.25) is 0 Å². The molecule has 3 heterocycles. The van der Waals surface area contributed by atoms with E-state index in [0.717, 1.165) is 18.4 Å². The molecule has 162 valence electrons. The summed E-state index contributed by atoms with van der Waals surface area (Å²) in [7, 11) is -2.11. The minimum absolute atomic E-state index is 0.312. The fourth-order valence-corrected chi connectivity index (χ4v) is 5.87. The molecule has 1 aromatic carbocycles. The van der Waals surface area contributed by atoms with E-state index in [4.69, 9.17) is 4.74 Å². The summed E-state index contributed by atoms with van der Waals surface area (Å²) in [6, 6.07) is 8.70. The molecule has 1 N–H and O–H groups in total. The van der Waals surface area contributed by atoms with E-state index in [0.29, 0.717) is 40.1 Å². The molecular weight excluding hydrogens is 414 g/mol. The van der Waals surface area contributed by atoms with Crippen LogP contribution < -0.4 is 10.1 Å². The Labute approximate surface area is 182 Å². The lowest BCUT2D eigenvalue weighted by molar-refractivity contribution is 0.389. The fourth-order valence-electron chi connectivity index (χ4n) is 3.91. The summed E-state index contributed by atoms with van der Waals surface area (Å²) < 4.78 is 34.1. The van der Waals surface area contributed by atoms with Crippen molar-refractivity contribution in [3.8, 4) is 5.75 Å². The van der Waals surface area contributed by atoms with E-state index in [9.17, 15) is 8.42 Å². The predicted molar refractivity (Wildman–Crippen MR) is 118 cm³/mol. The van der Waals surface area contributed by atoms with E-state index in [1.807, 2.05) is 25.1 Å². The van der Waals surface area contributed by atoms with Crippen LogP contribution in [0.1, 0.15) is 35.7 Å². The highest BCUT2D eigenvalue weighted by atomic mass is 32.2. The Morgan fingerprint density at radius 3 is 2.71 bits per heavy atom. The van der Waals surface area contributed by atoms with E-state index < -0.39 is 10.0 Å². The van der Waals surface area contributed by atoms with Gasteiger partial charge < -0.3 is 10.1 Å². The number of aryl methyl sites for hydroxylation is 2. The predicted octanol–water partition coefficient (Wildman–Crippen LogP) is 3.77. The average Bonchev–Trinajstić information content (AvgIpc) is 3.27. The molecule has 4 rings (SSSR count). The van der Waals surface area contributed by atoms with Gasteiger partial charge in [-0.2, -0.15) is 4.31 Å². The number of methoxy groups -OCH3 is 1. The average molecular weight is 440 g/mol. The zero-order valence-corrected chi connectivity index (χ0v) is 18.6. The van der Waals surface area contributed by atoms with Gasteiger partial charge in [-0.15, -0.1) is 0 Å². The van der Waals surface area contributed by atoms with Crippen LogP contribution in [0.15, 0.2) is 53.8 Å². The number of hydrogen-bond donors (Lipinski definition) is 1. The van der Waals surface area contributed by atoms with E-state index in [1.54, 1.807) is 49.1 Å². The summed E-state index contributed by atoms with van der Waals surface area (Å²) in [5.74, 6) is 1.85. The third kappa shape index (κ3) is 4.24. The van der Waals surface area contributed by atoms with Crippen LogP contribution in [-0.4, -0.2) is 41.3 Å². The van der Waals surface area contributed by atoms with Gasteiger partial charge in [0.15, 0.2) is 0 Å². The van der Waals surface area contributed by atoms with Gasteiger partial charge in [0, 0.05) is 18.9 Å². The number of hydrogen-bond acceptors (Lipinski definition) is 7. The van der Waals surface area contributed by atoms with Crippen molar-refractivity contribution in [3.63, 3.8) is 0 Å². The van der Waals surface area contributed by atoms with Crippen molar-refractivity contribution >= 4 is 21.7 Å². The zero-order valence-electron chi connectivity index (χ0n) is 17.7. The van der Waals surface area contributed by atoms with Crippen molar-refractivity contribution in [2.75, 3.05) is 19.0 Å². The number of anilines is 2. The van der Waals surface area contributed by atoms with Crippen LogP contribution in [0.4, 0.5) is 11.6 Å². The number of benzene rings is 1. The summed E-state index contributed by atoms with van der Waals surface area (Å²) in [5, 5.41) is 3.12. The molecule has 0 aliphatic carbocycles. The third-order valence-corrected chi connectivity index (χ3v) is 7.46. The van der Waals surface area contributed by atoms with Crippen LogP contribution in [-0.2, 0) is 10.0 Å². The van der Waals surface area contributed by atoms with Crippen molar-refractivity contribution in [1.29, 1.82) is 0 Å². The molecule has 1 saturated heterocycles. The molecule has 1 aliphatic heterocycles. The van der Waals surface area contributed by atoms with Crippen molar-refractivity contribution in [3.05, 3.63) is 65.7 Å². The van der Waals surface area contributed by atoms with E-state index in [2.05, 4.69) is 20.3 Å². The van der Waals surface area contributed by atoms with Gasteiger partial charge in [0.25, 0.3) is 0 Å². The number of pyridine rings is 1. The van der Waals surface area contributed by atoms with E-state index >= 15 is 0 Å². The summed E-state index contributed by atoms with van der Waals surface area (Å²) in [6.45, 7) is 4.10. The number of nitrogens with one attached hydrogen (secondary N) is 1. The number of nitrogens with zero attached hydrogens (tertiary/aromatic N) is 4. The van der Waals surface area contributed by atoms with Crippen LogP contribution in [0, 0.1) is 13.8 Å². The lowest BCUT2D eigenvalue weighted by Gasteiger charge is -2.25. The van der Waals surface area contributed by atoms with Gasteiger partial charge in [-0.1, -0.05) is 6.07 Å². The largest absolute Gasteiger partial charge is 0.496 e. The molecule has 0 radical (unpaired) electrons. The van der Waals surface area contributed by atoms with Gasteiger partial charge in [-0.05, 0) is 62.1 Å². The molecule has 0 bridgehead atoms. The molecule has 1 aliphatic rings. The molecular formula is C22H25N5O3S. The van der Waals surface area contributed by atoms with E-state index in [-0.39, 0.29) is 6.04 Å². The monoisotopic (exact) mass is 439 g/mol. The Balaban J connectivity index is 1.65. The second-order valence-electron chi connectivity index (χ2n) is 7.52. The highest BCUT2D eigenvalue weighted by Gasteiger charge is 2.38. The van der Waals surface area contributed by atoms with Crippen molar-refractivity contribution in [2.24, 2.45) is 0 Å². The molecule has 9 heteroatoms. The van der Waals surface area contributed by atoms with Crippen LogP contribution in [0.3, 0.4) is 0 Å². The van der Waals surface area contributed by atoms with Gasteiger partial charge in [-0.3, -0.25) is 4.98 Å². The maximum absolute atomic E-state index is 13.6. The van der Waals surface area contributed by atoms with Crippen molar-refractivity contribution in [1.82, 2.24) is 19.3 Å². The summed E-state index contributed by atoms with van der Waals surface area (Å²) in [6.07, 6.45) is 6.29. The molecule has 3 aromatic rings. The molecule has 0 spiro atoms. The number of ether oxygens (including phenoxy) is 1. The zero-order chi connectivity index (χ0) is 22.0. The summed E-state index contributed by atoms with van der Waals surface area (Å²) in [5.41, 5.74) is 2.16. The Morgan fingerprint density at radius 2 is 1.97 bits per heavy atom. The maximum atomic E-state index is 13.6. The minimum Gasteiger partial charge on any atom is -0.496 e. The topological polar surface area (TPSA) is 97.3 Å². The second kappa shape index (κ2) is 8.60. The molecule has 0 amide bonds. The molecule has 1 fully saturated rings. The van der Waals surface area contributed by atoms with Gasteiger partial charge in [0.2, 0.25) is 10.0 Å². The smallest absolute Gasteiger partial charge is 0.243 e. The summed E-state index contributed by atoms with van der Waals surface area (Å²) in [4.78, 5) is 13.2. The van der Waals surface area contributed by atoms with Gasteiger partial charge in [0.05, 0.1) is 29.9 Å². The lowest BCUT2D eigenvalue weighted by Crippen LogP contribution is -2.31. The molecule has 0 unspecified atom stereocenters. The maximum Gasteiger partial charge on any atom is 0.243 e. The van der Waals surface area contributed by atoms with Crippen molar-refractivity contribution < 1.29 is 13.2 Å². The molecule has 8 nitrogen and oxygen atoms in total. The first-order valence-electron chi connectivity index (χ1n) is 10.1. The lowest BCUT2D eigenvalue weighted by atomic mass is 10.1. The van der Waals surface area contributed by atoms with Crippen molar-refractivity contribution in [2.45, 2.75) is 37.6 Å². The number of aromatic nitrogens is 3. The quantitative estimate of drug-likeness (QED) is 0.624. The number of sulfonamides is 1. The summed E-state index contributed by atoms with van der Waals surface area (Å²) >= 11 is 0. The minimum atomic E-state index is -3.69. The Kier molecular flexibility index (Phi) is 5.88. The highest BCUT2D eigenvalue weighted by molar-refractivity contribution is 7.89. The molecule has 31 heavy (non-hydrogen) atoms. The fraction of sp³-hybridized carbons (Fsp3) is 0.318. The molecule has 2 aromatic heterocycles. The number of rotatable bonds is 6. The normalized spacial score (nSPS) is 16.9. The van der Waals surface area contributed by atoms with Gasteiger partial charge in [0.1, 0.15) is 17.4 Å². The van der Waals surface area contributed by atoms with E-state index in [1.165, 1.54) is 0 Å². The SMILES string of the molecule is COc1cc(C)c(S(=O)(=O)N2CCC[C@@H]2c2cccc(Nc3cnccn3)n2)cc1C. The molecule has 0 saturated carbocycles. The van der Waals surface area contributed by atoms with Gasteiger partial charge in [-0.25, -0.2) is 18.4 Å². The Bertz CT molecular complexity index is 1190. The Hall–Kier alpha value is -3.04. The first-order chi connectivity index (χ1) is 14.9. The highest BCUT2D eigenvalue weighted by Crippen LogP contribution is 2.38.